The Bertz CT molecular complexity index is 366. The van der Waals surface area contributed by atoms with Gasteiger partial charge < -0.3 is 29.7 Å². The van der Waals surface area contributed by atoms with Gasteiger partial charge in [0, 0.05) is 35.3 Å². The monoisotopic (exact) mass is 456 g/mol. The van der Waals surface area contributed by atoms with Crippen molar-refractivity contribution >= 4 is 35.3 Å². The fourth-order valence-corrected chi connectivity index (χ4v) is 2.82. The van der Waals surface area contributed by atoms with E-state index in [0.717, 1.165) is 57.8 Å². The first-order chi connectivity index (χ1) is 14.2. The summed E-state index contributed by atoms with van der Waals surface area (Å²) in [5, 5.41) is 31.0. The lowest BCUT2D eigenvalue weighted by Crippen LogP contribution is -2.30. The van der Waals surface area contributed by atoms with E-state index in [1.165, 1.54) is 0 Å². The predicted molar refractivity (Wildman–Crippen MR) is 121 cm³/mol. The Kier molecular flexibility index (Phi) is 32.4. The molecule has 0 aliphatic carbocycles. The molecule has 0 aromatic heterocycles. The van der Waals surface area contributed by atoms with Crippen LogP contribution in [0.1, 0.15) is 119 Å². The zero-order valence-electron chi connectivity index (χ0n) is 20.7. The molecule has 0 fully saturated rings. The molecule has 0 aromatic carbocycles. The quantitative estimate of drug-likeness (QED) is 0.349. The van der Waals surface area contributed by atoms with Crippen molar-refractivity contribution in [3.05, 3.63) is 0 Å². The van der Waals surface area contributed by atoms with E-state index in [1.54, 1.807) is 0 Å². The van der Waals surface area contributed by atoms with Gasteiger partial charge in [-0.2, -0.15) is 0 Å². The third-order valence-electron chi connectivity index (χ3n) is 5.20. The number of rotatable bonds is 15. The highest BCUT2D eigenvalue weighted by molar-refractivity contribution is 5.75. The van der Waals surface area contributed by atoms with Crippen LogP contribution in [0.15, 0.2) is 0 Å². The van der Waals surface area contributed by atoms with E-state index >= 15 is 0 Å². The highest BCUT2D eigenvalue weighted by Gasteiger charge is 2.06. The fourth-order valence-electron chi connectivity index (χ4n) is 2.82. The number of unbranched alkanes of at least 4 members (excludes halogenated alkanes) is 3. The summed E-state index contributed by atoms with van der Waals surface area (Å²) in [5.74, 6) is -3.34. The minimum Gasteiger partial charge on any atom is -0.550 e. The summed E-state index contributed by atoms with van der Waals surface area (Å²) in [6.07, 6.45) is 10.6. The molecule has 0 saturated heterocycles. The van der Waals surface area contributed by atoms with Gasteiger partial charge >= 0.3 is 0 Å². The number of carbonyl (C=O) groups excluding carboxylic acids is 3. The van der Waals surface area contributed by atoms with E-state index < -0.39 is 17.9 Å². The summed E-state index contributed by atoms with van der Waals surface area (Å²) in [5.41, 5.74) is 0. The Morgan fingerprint density at radius 3 is 0.806 bits per heavy atom. The van der Waals surface area contributed by atoms with E-state index in [-0.39, 0.29) is 35.1 Å². The van der Waals surface area contributed by atoms with Crippen molar-refractivity contribution in [3.8, 4) is 0 Å². The third kappa shape index (κ3) is 25.1. The average molecular weight is 457 g/mol. The lowest BCUT2D eigenvalue weighted by Gasteiger charge is -2.14. The third-order valence-corrected chi connectivity index (χ3v) is 5.20. The van der Waals surface area contributed by atoms with Gasteiger partial charge in [-0.3, -0.25) is 0 Å². The Hall–Kier alpha value is -1.06. The summed E-state index contributed by atoms with van der Waals surface area (Å²) in [7, 11) is 0. The lowest BCUT2D eigenvalue weighted by molar-refractivity contribution is -0.313. The van der Waals surface area contributed by atoms with Gasteiger partial charge in [-0.25, -0.2) is 0 Å². The number of hydrogen-bond acceptors (Lipinski definition) is 6. The standard InChI is InChI=1S/3C8H16O2.Al/c3*1-3-5-6-7(4-2)8(9)10;/h3*7H,3-6H2,1-2H3,(H,9,10);/p-3. The van der Waals surface area contributed by atoms with E-state index in [2.05, 4.69) is 20.8 Å². The lowest BCUT2D eigenvalue weighted by atomic mass is 10.00. The fraction of sp³-hybridized carbons (Fsp3) is 0.875. The van der Waals surface area contributed by atoms with Crippen molar-refractivity contribution < 1.29 is 29.7 Å². The molecule has 3 radical (unpaired) electrons. The molecular weight excluding hydrogens is 411 g/mol. The molecule has 0 rings (SSSR count). The summed E-state index contributed by atoms with van der Waals surface area (Å²) >= 11 is 0. The Morgan fingerprint density at radius 2 is 0.710 bits per heavy atom. The second-order valence-corrected chi connectivity index (χ2v) is 7.70. The Labute approximate surface area is 201 Å². The van der Waals surface area contributed by atoms with Crippen LogP contribution < -0.4 is 15.3 Å². The molecule has 0 bridgehead atoms. The number of carboxylic acids is 3. The smallest absolute Gasteiger partial charge is 0.0445 e. The minimum absolute atomic E-state index is 0. The van der Waals surface area contributed by atoms with E-state index in [9.17, 15) is 29.7 Å². The van der Waals surface area contributed by atoms with Gasteiger partial charge in [-0.15, -0.1) is 0 Å². The van der Waals surface area contributed by atoms with Gasteiger partial charge in [0.05, 0.1) is 0 Å². The van der Waals surface area contributed by atoms with Gasteiger partial charge in [0.25, 0.3) is 0 Å². The van der Waals surface area contributed by atoms with E-state index in [1.807, 2.05) is 20.8 Å². The van der Waals surface area contributed by atoms with Crippen LogP contribution in [0.4, 0.5) is 0 Å². The van der Waals surface area contributed by atoms with Gasteiger partial charge in [-0.05, 0) is 56.3 Å². The normalized spacial score (nSPS) is 12.6. The van der Waals surface area contributed by atoms with Gasteiger partial charge in [0.15, 0.2) is 0 Å². The van der Waals surface area contributed by atoms with Crippen LogP contribution >= 0.6 is 0 Å². The largest absolute Gasteiger partial charge is 0.550 e. The van der Waals surface area contributed by atoms with Gasteiger partial charge in [0.2, 0.25) is 0 Å². The van der Waals surface area contributed by atoms with Crippen LogP contribution in [0, 0.1) is 17.8 Å². The van der Waals surface area contributed by atoms with E-state index in [4.69, 9.17) is 0 Å². The molecule has 0 aliphatic heterocycles. The second-order valence-electron chi connectivity index (χ2n) is 7.70. The molecule has 6 nitrogen and oxygen atoms in total. The van der Waals surface area contributed by atoms with Crippen molar-refractivity contribution in [2.45, 2.75) is 119 Å². The Morgan fingerprint density at radius 1 is 0.516 bits per heavy atom. The highest BCUT2D eigenvalue weighted by atomic mass is 27.0. The van der Waals surface area contributed by atoms with E-state index in [0.29, 0.717) is 19.3 Å². The predicted octanol–water partition coefficient (Wildman–Crippen LogP) is 2.48. The number of hydrogen-bond donors (Lipinski definition) is 0. The number of carboxylic acid groups (broad SMARTS) is 3. The molecule has 0 heterocycles. The first-order valence-electron chi connectivity index (χ1n) is 11.8. The molecule has 0 aromatic rings. The molecule has 3 unspecified atom stereocenters. The maximum atomic E-state index is 10.3. The average Bonchev–Trinajstić information content (AvgIpc) is 2.70. The van der Waals surface area contributed by atoms with Crippen molar-refractivity contribution in [1.82, 2.24) is 0 Å². The summed E-state index contributed by atoms with van der Waals surface area (Å²) in [6.45, 7) is 11.8. The molecular formula is C24H45AlO6-3. The first kappa shape index (κ1) is 37.3. The maximum Gasteiger partial charge on any atom is 0.0445 e. The topological polar surface area (TPSA) is 120 Å². The second kappa shape index (κ2) is 27.0. The van der Waals surface area contributed by atoms with Crippen molar-refractivity contribution in [2.75, 3.05) is 0 Å². The zero-order chi connectivity index (χ0) is 23.9. The highest BCUT2D eigenvalue weighted by Crippen LogP contribution is 2.12. The van der Waals surface area contributed by atoms with Crippen molar-refractivity contribution in [2.24, 2.45) is 17.8 Å². The van der Waals surface area contributed by atoms with Crippen molar-refractivity contribution in [3.63, 3.8) is 0 Å². The molecule has 183 valence electrons. The summed E-state index contributed by atoms with van der Waals surface area (Å²) < 4.78 is 0. The summed E-state index contributed by atoms with van der Waals surface area (Å²) in [6, 6.07) is 0. The van der Waals surface area contributed by atoms with Crippen LogP contribution in [-0.2, 0) is 14.4 Å². The first-order valence-corrected chi connectivity index (χ1v) is 11.8. The van der Waals surface area contributed by atoms with Crippen LogP contribution in [0.3, 0.4) is 0 Å². The molecule has 7 heteroatoms. The van der Waals surface area contributed by atoms with Gasteiger partial charge in [-0.1, -0.05) is 80.1 Å². The molecule has 0 N–H and O–H groups in total. The Balaban J connectivity index is -0.000000174. The molecule has 0 spiro atoms. The zero-order valence-corrected chi connectivity index (χ0v) is 21.9. The summed E-state index contributed by atoms with van der Waals surface area (Å²) in [4.78, 5) is 31.0. The van der Waals surface area contributed by atoms with Crippen LogP contribution in [0.2, 0.25) is 0 Å². The molecule has 0 saturated carbocycles. The number of carbonyl (C=O) groups is 3. The molecule has 0 amide bonds. The SMILES string of the molecule is CCCCC(CC)C(=O)[O-].CCCCC(CC)C(=O)[O-].CCCCC(CC)C(=O)[O-].[Al]. The molecule has 0 aliphatic rings. The maximum absolute atomic E-state index is 10.3. The van der Waals surface area contributed by atoms with Crippen LogP contribution in [0.25, 0.3) is 0 Å². The van der Waals surface area contributed by atoms with Crippen LogP contribution in [-0.4, -0.2) is 35.3 Å². The molecule has 3 atom stereocenters. The van der Waals surface area contributed by atoms with Crippen LogP contribution in [0.5, 0.6) is 0 Å². The number of aliphatic carboxylic acids is 3. The van der Waals surface area contributed by atoms with Crippen molar-refractivity contribution in [1.29, 1.82) is 0 Å². The van der Waals surface area contributed by atoms with Gasteiger partial charge in [0.1, 0.15) is 0 Å². The molecule has 31 heavy (non-hydrogen) atoms. The minimum atomic E-state index is -0.893.